The molecule has 1 aliphatic heterocycles. The Bertz CT molecular complexity index is 600. The summed E-state index contributed by atoms with van der Waals surface area (Å²) in [6.45, 7) is 4.32. The average Bonchev–Trinajstić information content (AvgIpc) is 2.92. The zero-order valence-corrected chi connectivity index (χ0v) is 16.4. The zero-order chi connectivity index (χ0) is 18.4. The molecule has 0 spiro atoms. The highest BCUT2D eigenvalue weighted by molar-refractivity contribution is 7.14. The molecular formula is C19H29N3O3S. The summed E-state index contributed by atoms with van der Waals surface area (Å²) in [6.07, 6.45) is 6.02. The maximum absolute atomic E-state index is 12.8. The molecule has 3 rings (SSSR count). The van der Waals surface area contributed by atoms with E-state index in [-0.39, 0.29) is 11.8 Å². The van der Waals surface area contributed by atoms with Crippen molar-refractivity contribution in [3.05, 3.63) is 21.4 Å². The fourth-order valence-electron chi connectivity index (χ4n) is 3.59. The molecule has 2 amide bonds. The molecule has 0 radical (unpaired) electrons. The molecule has 0 bridgehead atoms. The van der Waals surface area contributed by atoms with Gasteiger partial charge in [-0.1, -0.05) is 6.42 Å². The highest BCUT2D eigenvalue weighted by Crippen LogP contribution is 2.29. The molecule has 1 aliphatic carbocycles. The van der Waals surface area contributed by atoms with E-state index in [4.69, 9.17) is 4.74 Å². The van der Waals surface area contributed by atoms with Crippen LogP contribution in [0, 0.1) is 0 Å². The van der Waals surface area contributed by atoms with Crippen LogP contribution in [0.15, 0.2) is 6.07 Å². The van der Waals surface area contributed by atoms with Crippen molar-refractivity contribution in [1.82, 2.24) is 15.1 Å². The van der Waals surface area contributed by atoms with Crippen LogP contribution in [0.3, 0.4) is 0 Å². The van der Waals surface area contributed by atoms with E-state index in [0.29, 0.717) is 32.8 Å². The van der Waals surface area contributed by atoms with E-state index in [1.165, 1.54) is 29.7 Å². The Labute approximate surface area is 159 Å². The number of nitrogens with zero attached hydrogens (tertiary/aromatic N) is 2. The zero-order valence-electron chi connectivity index (χ0n) is 15.6. The number of hydrogen-bond acceptors (Lipinski definition) is 5. The van der Waals surface area contributed by atoms with Gasteiger partial charge in [-0.25, -0.2) is 0 Å². The quantitative estimate of drug-likeness (QED) is 0.602. The number of hydrogen-bond donors (Lipinski definition) is 1. The molecule has 1 fully saturated rings. The van der Waals surface area contributed by atoms with Crippen molar-refractivity contribution < 1.29 is 14.3 Å². The van der Waals surface area contributed by atoms with E-state index >= 15 is 0 Å². The molecule has 0 atom stereocenters. The molecule has 1 saturated heterocycles. The second-order valence-electron chi connectivity index (χ2n) is 7.03. The minimum absolute atomic E-state index is 0.0174. The van der Waals surface area contributed by atoms with Crippen LogP contribution in [0.1, 0.15) is 39.4 Å². The largest absolute Gasteiger partial charge is 0.383 e. The van der Waals surface area contributed by atoms with Gasteiger partial charge in [-0.05, 0) is 37.3 Å². The molecule has 7 heteroatoms. The Hall–Kier alpha value is -1.44. The van der Waals surface area contributed by atoms with Gasteiger partial charge in [0.15, 0.2) is 0 Å². The maximum atomic E-state index is 12.8. The van der Waals surface area contributed by atoms with Gasteiger partial charge in [-0.3, -0.25) is 14.5 Å². The van der Waals surface area contributed by atoms with Gasteiger partial charge >= 0.3 is 0 Å². The molecule has 2 aliphatic rings. The Morgan fingerprint density at radius 1 is 1.15 bits per heavy atom. The SMILES string of the molecule is COCCNC(=O)CN1CCN(C(=O)c2cc3c(s2)CCCCC3)CC1. The van der Waals surface area contributed by atoms with Gasteiger partial charge in [0.05, 0.1) is 18.0 Å². The van der Waals surface area contributed by atoms with Crippen molar-refractivity contribution >= 4 is 23.2 Å². The van der Waals surface area contributed by atoms with Gasteiger partial charge < -0.3 is 15.0 Å². The lowest BCUT2D eigenvalue weighted by Gasteiger charge is -2.34. The lowest BCUT2D eigenvalue weighted by Crippen LogP contribution is -2.51. The number of methoxy groups -OCH3 is 1. The Morgan fingerprint density at radius 3 is 2.69 bits per heavy atom. The first kappa shape index (κ1) is 19.3. The van der Waals surface area contributed by atoms with Crippen LogP contribution in [0.25, 0.3) is 0 Å². The van der Waals surface area contributed by atoms with Crippen LogP contribution >= 0.6 is 11.3 Å². The van der Waals surface area contributed by atoms with Crippen molar-refractivity contribution in [2.45, 2.75) is 32.1 Å². The van der Waals surface area contributed by atoms with Crippen LogP contribution in [0.5, 0.6) is 0 Å². The summed E-state index contributed by atoms with van der Waals surface area (Å²) in [7, 11) is 1.62. The Kier molecular flexibility index (Phi) is 7.05. The van der Waals surface area contributed by atoms with Crippen molar-refractivity contribution in [2.24, 2.45) is 0 Å². The third-order valence-electron chi connectivity index (χ3n) is 5.11. The van der Waals surface area contributed by atoms with E-state index in [1.54, 1.807) is 18.4 Å². The minimum atomic E-state index is 0.0174. The molecule has 6 nitrogen and oxygen atoms in total. The van der Waals surface area contributed by atoms with Crippen molar-refractivity contribution in [1.29, 1.82) is 0 Å². The smallest absolute Gasteiger partial charge is 0.264 e. The summed E-state index contributed by atoms with van der Waals surface area (Å²) >= 11 is 1.69. The van der Waals surface area contributed by atoms with E-state index in [0.717, 1.165) is 30.8 Å². The maximum Gasteiger partial charge on any atom is 0.264 e. The van der Waals surface area contributed by atoms with Crippen LogP contribution in [0.2, 0.25) is 0 Å². The number of fused-ring (bicyclic) bond motifs is 1. The van der Waals surface area contributed by atoms with Gasteiger partial charge in [0.2, 0.25) is 5.91 Å². The van der Waals surface area contributed by atoms with Crippen LogP contribution in [-0.2, 0) is 22.4 Å². The summed E-state index contributed by atoms with van der Waals surface area (Å²) in [5.74, 6) is 0.177. The number of rotatable bonds is 6. The van der Waals surface area contributed by atoms with Gasteiger partial charge in [-0.2, -0.15) is 0 Å². The number of aryl methyl sites for hydroxylation is 2. The number of nitrogens with one attached hydrogen (secondary N) is 1. The molecule has 0 saturated carbocycles. The van der Waals surface area contributed by atoms with E-state index in [2.05, 4.69) is 16.3 Å². The molecule has 144 valence electrons. The normalized spacial score (nSPS) is 18.3. The van der Waals surface area contributed by atoms with Gasteiger partial charge in [0.25, 0.3) is 5.91 Å². The summed E-state index contributed by atoms with van der Waals surface area (Å²) in [4.78, 5) is 31.1. The van der Waals surface area contributed by atoms with E-state index < -0.39 is 0 Å². The molecule has 26 heavy (non-hydrogen) atoms. The lowest BCUT2D eigenvalue weighted by atomic mass is 10.1. The lowest BCUT2D eigenvalue weighted by molar-refractivity contribution is -0.122. The average molecular weight is 380 g/mol. The molecule has 1 aromatic rings. The van der Waals surface area contributed by atoms with Crippen LogP contribution in [-0.4, -0.2) is 74.6 Å². The van der Waals surface area contributed by atoms with Crippen LogP contribution < -0.4 is 5.32 Å². The predicted octanol–water partition coefficient (Wildman–Crippen LogP) is 1.54. The highest BCUT2D eigenvalue weighted by atomic mass is 32.1. The summed E-state index contributed by atoms with van der Waals surface area (Å²) < 4.78 is 4.93. The van der Waals surface area contributed by atoms with Crippen molar-refractivity contribution in [3.63, 3.8) is 0 Å². The third kappa shape index (κ3) is 5.05. The van der Waals surface area contributed by atoms with Gasteiger partial charge in [0, 0.05) is 44.7 Å². The second-order valence-corrected chi connectivity index (χ2v) is 8.17. The third-order valence-corrected chi connectivity index (χ3v) is 6.34. The number of amides is 2. The minimum Gasteiger partial charge on any atom is -0.383 e. The molecule has 2 heterocycles. The first-order chi connectivity index (χ1) is 12.7. The topological polar surface area (TPSA) is 61.9 Å². The fourth-order valence-corrected chi connectivity index (χ4v) is 4.81. The number of piperazine rings is 1. The second kappa shape index (κ2) is 9.48. The number of ether oxygens (including phenoxy) is 1. The fraction of sp³-hybridized carbons (Fsp3) is 0.684. The van der Waals surface area contributed by atoms with Gasteiger partial charge in [-0.15, -0.1) is 11.3 Å². The van der Waals surface area contributed by atoms with Crippen molar-refractivity contribution in [3.8, 4) is 0 Å². The molecular weight excluding hydrogens is 350 g/mol. The first-order valence-corrected chi connectivity index (χ1v) is 10.4. The predicted molar refractivity (Wildman–Crippen MR) is 103 cm³/mol. The monoisotopic (exact) mass is 379 g/mol. The number of carbonyl (C=O) groups excluding carboxylic acids is 2. The Balaban J connectivity index is 1.47. The van der Waals surface area contributed by atoms with Crippen molar-refractivity contribution in [2.75, 3.05) is 53.0 Å². The summed E-state index contributed by atoms with van der Waals surface area (Å²) in [5, 5.41) is 2.84. The highest BCUT2D eigenvalue weighted by Gasteiger charge is 2.25. The van der Waals surface area contributed by atoms with E-state index in [9.17, 15) is 9.59 Å². The molecule has 0 unspecified atom stereocenters. The first-order valence-electron chi connectivity index (χ1n) is 9.56. The number of thiophene rings is 1. The Morgan fingerprint density at radius 2 is 1.92 bits per heavy atom. The van der Waals surface area contributed by atoms with E-state index in [1.807, 2.05) is 4.90 Å². The molecule has 1 aromatic heterocycles. The summed E-state index contributed by atoms with van der Waals surface area (Å²) in [5.41, 5.74) is 1.39. The molecule has 0 aromatic carbocycles. The number of carbonyl (C=O) groups is 2. The van der Waals surface area contributed by atoms with Crippen LogP contribution in [0.4, 0.5) is 0 Å². The molecule has 1 N–H and O–H groups in total. The summed E-state index contributed by atoms with van der Waals surface area (Å²) in [6, 6.07) is 2.13. The standard InChI is InChI=1S/C19H29N3O3S/c1-25-12-7-20-18(23)14-21-8-10-22(11-9-21)19(24)17-13-15-5-3-2-4-6-16(15)26-17/h13H,2-12,14H2,1H3,(H,20,23). The van der Waals surface area contributed by atoms with Gasteiger partial charge in [0.1, 0.15) is 0 Å².